The number of hydrogen-bond donors (Lipinski definition) is 0. The minimum atomic E-state index is 0.559. The molecule has 2 heterocycles. The van der Waals surface area contributed by atoms with Gasteiger partial charge in [0.25, 0.3) is 0 Å². The van der Waals surface area contributed by atoms with Gasteiger partial charge in [-0.3, -0.25) is 0 Å². The molecule has 0 radical (unpaired) electrons. The van der Waals surface area contributed by atoms with E-state index in [0.29, 0.717) is 5.92 Å². The van der Waals surface area contributed by atoms with Gasteiger partial charge in [-0.25, -0.2) is 4.98 Å². The maximum Gasteiger partial charge on any atom is 0.137 e. The van der Waals surface area contributed by atoms with E-state index in [0.717, 1.165) is 30.2 Å². The lowest BCUT2D eigenvalue weighted by Crippen LogP contribution is -2.32. The van der Waals surface area contributed by atoms with Gasteiger partial charge in [0, 0.05) is 5.92 Å². The van der Waals surface area contributed by atoms with E-state index in [2.05, 4.69) is 20.9 Å². The van der Waals surface area contributed by atoms with E-state index in [1.54, 1.807) is 6.20 Å². The first-order valence-corrected chi connectivity index (χ1v) is 4.96. The Morgan fingerprint density at radius 3 is 2.92 bits per heavy atom. The normalized spacial score (nSPS) is 16.7. The van der Waals surface area contributed by atoms with Crippen molar-refractivity contribution in [3.63, 3.8) is 0 Å². The molecular weight excluding hydrogens is 234 g/mol. The zero-order valence-electron chi connectivity index (χ0n) is 7.07. The number of hydrogen-bond acceptors (Lipinski definition) is 3. The predicted molar refractivity (Wildman–Crippen MR) is 51.7 cm³/mol. The molecule has 1 aliphatic rings. The van der Waals surface area contributed by atoms with Crippen LogP contribution in [0.2, 0.25) is 0 Å². The highest BCUT2D eigenvalue weighted by molar-refractivity contribution is 9.10. The van der Waals surface area contributed by atoms with Gasteiger partial charge in [0.2, 0.25) is 0 Å². The maximum atomic E-state index is 5.50. The second kappa shape index (κ2) is 4.07. The Hall–Kier alpha value is -0.610. The summed E-state index contributed by atoms with van der Waals surface area (Å²) in [6.07, 6.45) is 1.71. The summed E-state index contributed by atoms with van der Waals surface area (Å²) in [5, 5.41) is 0. The van der Waals surface area contributed by atoms with Gasteiger partial charge in [-0.1, -0.05) is 0 Å². The van der Waals surface area contributed by atoms with E-state index in [1.807, 2.05) is 12.1 Å². The molecular formula is C9H10BrNO2. The summed E-state index contributed by atoms with van der Waals surface area (Å²) in [7, 11) is 0. The van der Waals surface area contributed by atoms with E-state index in [4.69, 9.17) is 9.47 Å². The van der Waals surface area contributed by atoms with Gasteiger partial charge < -0.3 is 9.47 Å². The largest absolute Gasteiger partial charge is 0.492 e. The van der Waals surface area contributed by atoms with Crippen LogP contribution in [0.5, 0.6) is 5.75 Å². The molecule has 0 spiro atoms. The molecule has 3 nitrogen and oxygen atoms in total. The lowest BCUT2D eigenvalue weighted by atomic mass is 10.1. The third kappa shape index (κ3) is 2.42. The van der Waals surface area contributed by atoms with E-state index in [9.17, 15) is 0 Å². The number of ether oxygens (including phenoxy) is 2. The van der Waals surface area contributed by atoms with Crippen molar-refractivity contribution in [1.82, 2.24) is 4.98 Å². The SMILES string of the molecule is Brc1ccc(OCC2COC2)cn1. The standard InChI is InChI=1S/C9H10BrNO2/c10-9-2-1-8(3-11-9)13-6-7-4-12-5-7/h1-3,7H,4-6H2. The smallest absolute Gasteiger partial charge is 0.137 e. The van der Waals surface area contributed by atoms with Crippen LogP contribution in [0.25, 0.3) is 0 Å². The van der Waals surface area contributed by atoms with Crippen molar-refractivity contribution in [2.45, 2.75) is 0 Å². The van der Waals surface area contributed by atoms with Crippen LogP contribution in [-0.4, -0.2) is 24.8 Å². The molecule has 1 aliphatic heterocycles. The molecule has 0 amide bonds. The molecule has 4 heteroatoms. The van der Waals surface area contributed by atoms with Crippen molar-refractivity contribution in [2.75, 3.05) is 19.8 Å². The van der Waals surface area contributed by atoms with Crippen molar-refractivity contribution >= 4 is 15.9 Å². The van der Waals surface area contributed by atoms with Gasteiger partial charge in [0.05, 0.1) is 26.0 Å². The molecule has 1 saturated heterocycles. The predicted octanol–water partition coefficient (Wildman–Crippen LogP) is 1.87. The molecule has 70 valence electrons. The minimum absolute atomic E-state index is 0.559. The minimum Gasteiger partial charge on any atom is -0.492 e. The average Bonchev–Trinajstić information content (AvgIpc) is 2.05. The highest BCUT2D eigenvalue weighted by atomic mass is 79.9. The zero-order chi connectivity index (χ0) is 9.10. The molecule has 0 N–H and O–H groups in total. The van der Waals surface area contributed by atoms with Crippen LogP contribution in [0, 0.1) is 5.92 Å². The zero-order valence-corrected chi connectivity index (χ0v) is 8.66. The van der Waals surface area contributed by atoms with Crippen molar-refractivity contribution in [3.8, 4) is 5.75 Å². The lowest BCUT2D eigenvalue weighted by Gasteiger charge is -2.25. The number of nitrogens with zero attached hydrogens (tertiary/aromatic N) is 1. The molecule has 1 aromatic rings. The van der Waals surface area contributed by atoms with Crippen LogP contribution < -0.4 is 4.74 Å². The van der Waals surface area contributed by atoms with Gasteiger partial charge >= 0.3 is 0 Å². The van der Waals surface area contributed by atoms with Crippen molar-refractivity contribution in [2.24, 2.45) is 5.92 Å². The second-order valence-corrected chi connectivity index (χ2v) is 3.84. The third-order valence-electron chi connectivity index (χ3n) is 1.89. The molecule has 0 bridgehead atoms. The summed E-state index contributed by atoms with van der Waals surface area (Å²) >= 11 is 3.26. The molecule has 0 unspecified atom stereocenters. The van der Waals surface area contributed by atoms with Crippen LogP contribution in [0.15, 0.2) is 22.9 Å². The Balaban J connectivity index is 1.83. The van der Waals surface area contributed by atoms with Gasteiger partial charge in [0.15, 0.2) is 0 Å². The van der Waals surface area contributed by atoms with Crippen LogP contribution in [-0.2, 0) is 4.74 Å². The van der Waals surface area contributed by atoms with Crippen LogP contribution in [0.1, 0.15) is 0 Å². The molecule has 0 aliphatic carbocycles. The molecule has 2 rings (SSSR count). The van der Waals surface area contributed by atoms with Crippen molar-refractivity contribution in [1.29, 1.82) is 0 Å². The Morgan fingerprint density at radius 2 is 2.38 bits per heavy atom. The number of halogens is 1. The fraction of sp³-hybridized carbons (Fsp3) is 0.444. The Morgan fingerprint density at radius 1 is 1.54 bits per heavy atom. The van der Waals surface area contributed by atoms with Gasteiger partial charge in [-0.15, -0.1) is 0 Å². The summed E-state index contributed by atoms with van der Waals surface area (Å²) in [4.78, 5) is 4.06. The lowest BCUT2D eigenvalue weighted by molar-refractivity contribution is -0.0508. The van der Waals surface area contributed by atoms with Crippen LogP contribution in [0.3, 0.4) is 0 Å². The monoisotopic (exact) mass is 243 g/mol. The van der Waals surface area contributed by atoms with Gasteiger partial charge in [0.1, 0.15) is 10.4 Å². The summed E-state index contributed by atoms with van der Waals surface area (Å²) in [6, 6.07) is 3.77. The molecule has 0 aromatic carbocycles. The maximum absolute atomic E-state index is 5.50. The average molecular weight is 244 g/mol. The summed E-state index contributed by atoms with van der Waals surface area (Å²) in [5.41, 5.74) is 0. The Labute approximate surface area is 85.2 Å². The second-order valence-electron chi connectivity index (χ2n) is 3.03. The van der Waals surface area contributed by atoms with Crippen molar-refractivity contribution in [3.05, 3.63) is 22.9 Å². The first-order valence-electron chi connectivity index (χ1n) is 4.17. The van der Waals surface area contributed by atoms with Gasteiger partial charge in [-0.05, 0) is 28.1 Å². The molecule has 13 heavy (non-hydrogen) atoms. The fourth-order valence-corrected chi connectivity index (χ4v) is 1.28. The van der Waals surface area contributed by atoms with E-state index >= 15 is 0 Å². The molecule has 1 aromatic heterocycles. The van der Waals surface area contributed by atoms with E-state index in [-0.39, 0.29) is 0 Å². The number of aromatic nitrogens is 1. The topological polar surface area (TPSA) is 31.4 Å². The van der Waals surface area contributed by atoms with E-state index in [1.165, 1.54) is 0 Å². The summed E-state index contributed by atoms with van der Waals surface area (Å²) in [6.45, 7) is 2.37. The van der Waals surface area contributed by atoms with E-state index < -0.39 is 0 Å². The van der Waals surface area contributed by atoms with Crippen LogP contribution >= 0.6 is 15.9 Å². The van der Waals surface area contributed by atoms with Crippen LogP contribution in [0.4, 0.5) is 0 Å². The molecule has 0 atom stereocenters. The quantitative estimate of drug-likeness (QED) is 0.760. The molecule has 1 fully saturated rings. The Bertz CT molecular complexity index is 271. The number of pyridine rings is 1. The van der Waals surface area contributed by atoms with Gasteiger partial charge in [-0.2, -0.15) is 0 Å². The summed E-state index contributed by atoms with van der Waals surface area (Å²) < 4.78 is 11.4. The first-order chi connectivity index (χ1) is 6.34. The first kappa shape index (κ1) is 8.97. The Kier molecular flexibility index (Phi) is 2.80. The highest BCUT2D eigenvalue weighted by Gasteiger charge is 2.18. The highest BCUT2D eigenvalue weighted by Crippen LogP contribution is 2.15. The van der Waals surface area contributed by atoms with Crippen molar-refractivity contribution < 1.29 is 9.47 Å². The number of rotatable bonds is 3. The third-order valence-corrected chi connectivity index (χ3v) is 2.36. The fourth-order valence-electron chi connectivity index (χ4n) is 1.04. The molecule has 0 saturated carbocycles. The summed E-state index contributed by atoms with van der Waals surface area (Å²) in [5.74, 6) is 1.37.